The first kappa shape index (κ1) is 43.5. The van der Waals surface area contributed by atoms with Crippen LogP contribution in [0, 0.1) is 19.1 Å². The van der Waals surface area contributed by atoms with Gasteiger partial charge in [-0.1, -0.05) is 115 Å². The Morgan fingerprint density at radius 3 is 1.79 bits per heavy atom. The zero-order valence-corrected chi connectivity index (χ0v) is 40.7. The van der Waals surface area contributed by atoms with Gasteiger partial charge in [0.1, 0.15) is 5.58 Å². The largest absolute Gasteiger partial charge is 0 e. The molecule has 0 spiro atoms. The van der Waals surface area contributed by atoms with Crippen LogP contribution in [0.1, 0.15) is 29.5 Å². The predicted octanol–water partition coefficient (Wildman–Crippen LogP) is 15.0. The Bertz CT molecular complexity index is 3120. The van der Waals surface area contributed by atoms with Gasteiger partial charge in [0, 0.05) is 37.6 Å². The average molecular weight is 1050 g/mol. The second-order valence-electron chi connectivity index (χ2n) is 16.9. The average Bonchev–Trinajstić information content (AvgIpc) is 3.69. The number of hydrogen-bond acceptors (Lipinski definition) is 3. The zero-order valence-electron chi connectivity index (χ0n) is 36.2. The molecule has 3 heterocycles. The maximum Gasteiger partial charge on any atom is 0 e. The van der Waals surface area contributed by atoms with Crippen LogP contribution < -0.4 is 4.40 Å². The summed E-state index contributed by atoms with van der Waals surface area (Å²) in [4.78, 5) is 9.38. The molecule has 7 aromatic carbocycles. The maximum atomic E-state index is 6.32. The molecule has 0 aliphatic carbocycles. The molecular weight excluding hydrogens is 1010 g/mol. The molecule has 3 nitrogen and oxygen atoms in total. The fourth-order valence-corrected chi connectivity index (χ4v) is 11.9. The van der Waals surface area contributed by atoms with Gasteiger partial charge in [-0.05, 0) is 51.2 Å². The number of hydrogen-bond donors (Lipinski definition) is 0. The first-order valence-corrected chi connectivity index (χ1v) is 28.6. The van der Waals surface area contributed by atoms with E-state index in [9.17, 15) is 0 Å². The van der Waals surface area contributed by atoms with Crippen molar-refractivity contribution in [1.29, 1.82) is 0 Å². The molecule has 0 fully saturated rings. The van der Waals surface area contributed by atoms with Crippen LogP contribution in [-0.4, -0.2) is 23.2 Å². The molecule has 0 amide bonds. The SMILES string of the molecule is CC(c1ccccc1)c1ccnc(-c2[c-]cc3oc4cc(-c5ccccc5-c5ccccc5)ccc4c3c2)c1.Cc1cc(-c2[c-]cc(-c3ccccc3)cc2)nc[c]1[Ge]([CH3])([CH3])[CH3].[Ir]. The second kappa shape index (κ2) is 19.1. The fourth-order valence-electron chi connectivity index (χ4n) is 8.32. The summed E-state index contributed by atoms with van der Waals surface area (Å²) in [5.74, 6) is 7.50. The van der Waals surface area contributed by atoms with Crippen molar-refractivity contribution in [3.63, 3.8) is 0 Å². The predicted molar refractivity (Wildman–Crippen MR) is 262 cm³/mol. The van der Waals surface area contributed by atoms with E-state index in [2.05, 4.69) is 218 Å². The minimum absolute atomic E-state index is 0. The fraction of sp³-hybridized carbons (Fsp3) is 0.103. The van der Waals surface area contributed by atoms with E-state index in [1.165, 1.54) is 48.9 Å². The van der Waals surface area contributed by atoms with E-state index in [1.807, 2.05) is 24.4 Å². The third kappa shape index (κ3) is 9.60. The minimum Gasteiger partial charge on any atom is 0 e. The van der Waals surface area contributed by atoms with Crippen LogP contribution in [-0.2, 0) is 20.1 Å². The normalized spacial score (nSPS) is 11.7. The summed E-state index contributed by atoms with van der Waals surface area (Å²) in [5, 5.41) is 2.17. The second-order valence-corrected chi connectivity index (χ2v) is 27.5. The number of nitrogens with zero attached hydrogens (tertiary/aromatic N) is 2. The third-order valence-corrected chi connectivity index (χ3v) is 16.2. The Labute approximate surface area is 387 Å². The number of fused-ring (bicyclic) bond motifs is 3. The molecule has 5 heteroatoms. The Morgan fingerprint density at radius 1 is 0.508 bits per heavy atom. The molecule has 311 valence electrons. The van der Waals surface area contributed by atoms with Crippen LogP contribution in [0.3, 0.4) is 0 Å². The number of pyridine rings is 2. The summed E-state index contributed by atoms with van der Waals surface area (Å²) in [6.45, 7) is 4.44. The van der Waals surface area contributed by atoms with Gasteiger partial charge in [-0.2, -0.15) is 0 Å². The minimum atomic E-state index is -1.83. The van der Waals surface area contributed by atoms with E-state index in [0.717, 1.165) is 50.0 Å². The van der Waals surface area contributed by atoms with Crippen molar-refractivity contribution in [3.8, 4) is 55.9 Å². The molecule has 1 radical (unpaired) electrons. The number of furan rings is 1. The van der Waals surface area contributed by atoms with E-state index < -0.39 is 13.3 Å². The molecule has 1 atom stereocenters. The summed E-state index contributed by atoms with van der Waals surface area (Å²) in [6, 6.07) is 70.2. The Morgan fingerprint density at radius 2 is 1.13 bits per heavy atom. The van der Waals surface area contributed by atoms with E-state index >= 15 is 0 Å². The molecule has 10 rings (SSSR count). The molecular formula is C58H48GeIrN2O-2. The standard InChI is InChI=1S/C37H26NO.C21H22GeN.Ir/c1-25(26-10-4-2-5-11-26)28-20-21-38-35(23-28)30-17-19-36-34(22-30)33-18-16-29(24-37(33)39-36)32-15-9-8-14-31(32)27-12-6-3-7-13-27;1-16-14-21(23-15-20(16)22(2,3)4)19-12-10-18(11-13-19)17-8-6-5-7-9-17;/h2-16,18-25H,1H3;5-12,14-15H,1-4H3;/q2*-1;. The van der Waals surface area contributed by atoms with Crippen LogP contribution in [0.5, 0.6) is 0 Å². The third-order valence-electron chi connectivity index (χ3n) is 11.7. The van der Waals surface area contributed by atoms with Crippen molar-refractivity contribution in [2.45, 2.75) is 37.0 Å². The number of aromatic nitrogens is 2. The van der Waals surface area contributed by atoms with Crippen molar-refractivity contribution in [1.82, 2.24) is 9.97 Å². The van der Waals surface area contributed by atoms with Gasteiger partial charge in [-0.25, -0.2) is 0 Å². The Kier molecular flexibility index (Phi) is 13.2. The van der Waals surface area contributed by atoms with E-state index in [-0.39, 0.29) is 26.0 Å². The van der Waals surface area contributed by atoms with Crippen molar-refractivity contribution < 1.29 is 24.5 Å². The summed E-state index contributed by atoms with van der Waals surface area (Å²) in [5.41, 5.74) is 16.7. The van der Waals surface area contributed by atoms with Gasteiger partial charge < -0.3 is 9.40 Å². The summed E-state index contributed by atoms with van der Waals surface area (Å²) >= 11 is -1.83. The van der Waals surface area contributed by atoms with Gasteiger partial charge in [0.05, 0.1) is 5.58 Å². The first-order valence-electron chi connectivity index (χ1n) is 21.3. The van der Waals surface area contributed by atoms with Crippen LogP contribution in [0.25, 0.3) is 77.8 Å². The molecule has 0 bridgehead atoms. The van der Waals surface area contributed by atoms with Gasteiger partial charge in [-0.15, -0.1) is 23.8 Å². The first-order chi connectivity index (χ1) is 30.2. The van der Waals surface area contributed by atoms with Crippen LogP contribution in [0.4, 0.5) is 0 Å². The van der Waals surface area contributed by atoms with Gasteiger partial charge in [0.2, 0.25) is 0 Å². The molecule has 0 N–H and O–H groups in total. The summed E-state index contributed by atoms with van der Waals surface area (Å²) in [6.07, 6.45) is 3.98. The number of rotatable bonds is 8. The number of benzene rings is 7. The van der Waals surface area contributed by atoms with Crippen molar-refractivity contribution in [3.05, 3.63) is 223 Å². The Hall–Kier alpha value is -6.17. The maximum absolute atomic E-state index is 6.32. The monoisotopic (exact) mass is 1060 g/mol. The molecule has 1 unspecified atom stereocenters. The molecule has 63 heavy (non-hydrogen) atoms. The van der Waals surface area contributed by atoms with Crippen LogP contribution in [0.2, 0.25) is 17.3 Å². The summed E-state index contributed by atoms with van der Waals surface area (Å²) < 4.78 is 7.80. The zero-order chi connectivity index (χ0) is 42.6. The quantitative estimate of drug-likeness (QED) is 0.112. The Balaban J connectivity index is 0.000000194. The van der Waals surface area contributed by atoms with Crippen molar-refractivity contribution >= 4 is 39.6 Å². The van der Waals surface area contributed by atoms with Crippen molar-refractivity contribution in [2.75, 3.05) is 0 Å². The molecule has 10 aromatic rings. The molecule has 3 aromatic heterocycles. The van der Waals surface area contributed by atoms with Gasteiger partial charge in [0.15, 0.2) is 0 Å². The number of aryl methyl sites for hydroxylation is 1. The van der Waals surface area contributed by atoms with Crippen LogP contribution in [0.15, 0.2) is 199 Å². The molecule has 0 aliphatic heterocycles. The van der Waals surface area contributed by atoms with Gasteiger partial charge in [0.25, 0.3) is 0 Å². The summed E-state index contributed by atoms with van der Waals surface area (Å²) in [7, 11) is 0. The molecule has 0 saturated carbocycles. The topological polar surface area (TPSA) is 38.9 Å². The van der Waals surface area contributed by atoms with E-state index in [0.29, 0.717) is 0 Å². The van der Waals surface area contributed by atoms with Crippen LogP contribution >= 0.6 is 0 Å². The van der Waals surface area contributed by atoms with E-state index in [1.54, 1.807) is 0 Å². The van der Waals surface area contributed by atoms with Gasteiger partial charge in [-0.3, -0.25) is 0 Å². The molecule has 0 aliphatic rings. The van der Waals surface area contributed by atoms with E-state index in [4.69, 9.17) is 9.40 Å². The van der Waals surface area contributed by atoms with Gasteiger partial charge >= 0.3 is 142 Å². The molecule has 0 saturated heterocycles. The smallest absolute Gasteiger partial charge is 0 e. The van der Waals surface area contributed by atoms with Crippen molar-refractivity contribution in [2.24, 2.45) is 0 Å².